The maximum absolute atomic E-state index is 13.7. The van der Waals surface area contributed by atoms with Gasteiger partial charge in [0.25, 0.3) is 0 Å². The summed E-state index contributed by atoms with van der Waals surface area (Å²) in [5.41, 5.74) is 2.51. The van der Waals surface area contributed by atoms with E-state index in [2.05, 4.69) is 15.6 Å². The number of nitrogens with zero attached hydrogens (tertiary/aromatic N) is 1. The standard InChI is InChI=1S/C19H24FN3O/c1-4-21-19(22-12-15-6-9-17(24)10-7-15)23-14(3)16-8-5-13(2)18(20)11-16/h5-11,14,24H,4,12H2,1-3H3,(H2,21,22,23). The van der Waals surface area contributed by atoms with Crippen LogP contribution in [0.1, 0.15) is 36.6 Å². The molecule has 0 aliphatic carbocycles. The molecule has 1 atom stereocenters. The molecule has 2 aromatic carbocycles. The van der Waals surface area contributed by atoms with Crippen LogP contribution < -0.4 is 10.6 Å². The topological polar surface area (TPSA) is 56.7 Å². The molecule has 3 N–H and O–H groups in total. The van der Waals surface area contributed by atoms with Gasteiger partial charge in [0.15, 0.2) is 5.96 Å². The van der Waals surface area contributed by atoms with E-state index in [0.29, 0.717) is 18.1 Å². The van der Waals surface area contributed by atoms with E-state index < -0.39 is 0 Å². The summed E-state index contributed by atoms with van der Waals surface area (Å²) in [6.45, 7) is 6.94. The second-order valence-electron chi connectivity index (χ2n) is 5.74. The maximum atomic E-state index is 13.7. The van der Waals surface area contributed by atoms with E-state index >= 15 is 0 Å². The lowest BCUT2D eigenvalue weighted by Gasteiger charge is -2.18. The number of phenolic OH excluding ortho intramolecular Hbond substituents is 1. The molecule has 2 aromatic rings. The van der Waals surface area contributed by atoms with Crippen LogP contribution in [0, 0.1) is 12.7 Å². The van der Waals surface area contributed by atoms with Gasteiger partial charge < -0.3 is 15.7 Å². The average Bonchev–Trinajstić information content (AvgIpc) is 2.56. The predicted molar refractivity (Wildman–Crippen MR) is 95.6 cm³/mol. The molecule has 0 heterocycles. The largest absolute Gasteiger partial charge is 0.508 e. The molecule has 0 saturated heterocycles. The first-order valence-electron chi connectivity index (χ1n) is 8.08. The second-order valence-corrected chi connectivity index (χ2v) is 5.74. The van der Waals surface area contributed by atoms with Gasteiger partial charge >= 0.3 is 0 Å². The Morgan fingerprint density at radius 1 is 1.21 bits per heavy atom. The Morgan fingerprint density at radius 3 is 2.54 bits per heavy atom. The Hall–Kier alpha value is -2.56. The minimum atomic E-state index is -0.202. The Kier molecular flexibility index (Phi) is 6.18. The first-order valence-corrected chi connectivity index (χ1v) is 8.08. The zero-order valence-electron chi connectivity index (χ0n) is 14.3. The number of aryl methyl sites for hydroxylation is 1. The molecule has 0 aliphatic heterocycles. The summed E-state index contributed by atoms with van der Waals surface area (Å²) in [5, 5.41) is 15.8. The molecule has 4 nitrogen and oxygen atoms in total. The summed E-state index contributed by atoms with van der Waals surface area (Å²) in [6, 6.07) is 12.1. The minimum Gasteiger partial charge on any atom is -0.508 e. The zero-order chi connectivity index (χ0) is 17.5. The van der Waals surface area contributed by atoms with Crippen LogP contribution in [0.5, 0.6) is 5.75 Å². The maximum Gasteiger partial charge on any atom is 0.192 e. The lowest BCUT2D eigenvalue weighted by molar-refractivity contribution is 0.475. The van der Waals surface area contributed by atoms with E-state index in [-0.39, 0.29) is 17.6 Å². The summed E-state index contributed by atoms with van der Waals surface area (Å²) < 4.78 is 13.7. The number of hydrogen-bond donors (Lipinski definition) is 3. The number of nitrogens with one attached hydrogen (secondary N) is 2. The van der Waals surface area contributed by atoms with Crippen LogP contribution in [-0.4, -0.2) is 17.6 Å². The molecule has 0 amide bonds. The highest BCUT2D eigenvalue weighted by Crippen LogP contribution is 2.16. The van der Waals surface area contributed by atoms with Gasteiger partial charge in [0, 0.05) is 6.54 Å². The second kappa shape index (κ2) is 8.34. The van der Waals surface area contributed by atoms with Crippen molar-refractivity contribution in [3.8, 4) is 5.75 Å². The zero-order valence-corrected chi connectivity index (χ0v) is 14.3. The highest BCUT2D eigenvalue weighted by molar-refractivity contribution is 5.80. The van der Waals surface area contributed by atoms with Crippen LogP contribution in [0.2, 0.25) is 0 Å². The number of benzene rings is 2. The van der Waals surface area contributed by atoms with Crippen LogP contribution in [0.15, 0.2) is 47.5 Å². The summed E-state index contributed by atoms with van der Waals surface area (Å²) in [5.74, 6) is 0.703. The smallest absolute Gasteiger partial charge is 0.192 e. The van der Waals surface area contributed by atoms with E-state index in [9.17, 15) is 9.50 Å². The first-order chi connectivity index (χ1) is 11.5. The van der Waals surface area contributed by atoms with Crippen molar-refractivity contribution in [3.63, 3.8) is 0 Å². The van der Waals surface area contributed by atoms with Crippen molar-refractivity contribution in [2.45, 2.75) is 33.4 Å². The number of phenols is 1. The van der Waals surface area contributed by atoms with Gasteiger partial charge in [-0.15, -0.1) is 0 Å². The molecule has 2 rings (SSSR count). The average molecular weight is 329 g/mol. The van der Waals surface area contributed by atoms with Gasteiger partial charge in [0.05, 0.1) is 12.6 Å². The Morgan fingerprint density at radius 2 is 1.92 bits per heavy atom. The lowest BCUT2D eigenvalue weighted by atomic mass is 10.1. The van der Waals surface area contributed by atoms with Crippen molar-refractivity contribution < 1.29 is 9.50 Å². The molecule has 0 bridgehead atoms. The predicted octanol–water partition coefficient (Wildman–Crippen LogP) is 3.66. The highest BCUT2D eigenvalue weighted by atomic mass is 19.1. The minimum absolute atomic E-state index is 0.0716. The van der Waals surface area contributed by atoms with Gasteiger partial charge in [-0.1, -0.05) is 24.3 Å². The van der Waals surface area contributed by atoms with Crippen molar-refractivity contribution >= 4 is 5.96 Å². The van der Waals surface area contributed by atoms with Gasteiger partial charge in [-0.3, -0.25) is 0 Å². The molecule has 0 radical (unpaired) electrons. The Labute approximate surface area is 142 Å². The Balaban J connectivity index is 2.07. The first kappa shape index (κ1) is 17.8. The van der Waals surface area contributed by atoms with Crippen LogP contribution >= 0.6 is 0 Å². The van der Waals surface area contributed by atoms with Crippen LogP contribution in [0.25, 0.3) is 0 Å². The molecule has 1 unspecified atom stereocenters. The molecule has 0 fully saturated rings. The van der Waals surface area contributed by atoms with Crippen molar-refractivity contribution in [1.29, 1.82) is 0 Å². The fraction of sp³-hybridized carbons (Fsp3) is 0.316. The van der Waals surface area contributed by atoms with Gasteiger partial charge in [-0.2, -0.15) is 0 Å². The van der Waals surface area contributed by atoms with Gasteiger partial charge in [-0.25, -0.2) is 9.38 Å². The number of aromatic hydroxyl groups is 1. The van der Waals surface area contributed by atoms with E-state index in [1.54, 1.807) is 31.2 Å². The number of guanidine groups is 1. The number of hydrogen-bond acceptors (Lipinski definition) is 2. The van der Waals surface area contributed by atoms with Crippen molar-refractivity contribution in [2.75, 3.05) is 6.54 Å². The summed E-state index contributed by atoms with van der Waals surface area (Å²) >= 11 is 0. The summed E-state index contributed by atoms with van der Waals surface area (Å²) in [7, 11) is 0. The number of aliphatic imine (C=N–C) groups is 1. The third kappa shape index (κ3) is 4.98. The molecule has 24 heavy (non-hydrogen) atoms. The fourth-order valence-corrected chi connectivity index (χ4v) is 2.26. The van der Waals surface area contributed by atoms with E-state index in [0.717, 1.165) is 17.7 Å². The number of rotatable bonds is 5. The van der Waals surface area contributed by atoms with Crippen LogP contribution in [-0.2, 0) is 6.54 Å². The van der Waals surface area contributed by atoms with Crippen molar-refractivity contribution in [3.05, 3.63) is 65.0 Å². The molecular formula is C19H24FN3O. The van der Waals surface area contributed by atoms with E-state index in [1.165, 1.54) is 0 Å². The molecule has 0 saturated carbocycles. The molecule has 0 spiro atoms. The van der Waals surface area contributed by atoms with Crippen LogP contribution in [0.4, 0.5) is 4.39 Å². The third-order valence-electron chi connectivity index (χ3n) is 3.75. The van der Waals surface area contributed by atoms with Gasteiger partial charge in [0.1, 0.15) is 11.6 Å². The molecule has 0 aromatic heterocycles. The van der Waals surface area contributed by atoms with Gasteiger partial charge in [-0.05, 0) is 55.7 Å². The molecular weight excluding hydrogens is 305 g/mol. The van der Waals surface area contributed by atoms with Crippen molar-refractivity contribution in [1.82, 2.24) is 10.6 Å². The third-order valence-corrected chi connectivity index (χ3v) is 3.75. The van der Waals surface area contributed by atoms with E-state index in [1.807, 2.05) is 32.0 Å². The molecule has 128 valence electrons. The van der Waals surface area contributed by atoms with E-state index in [4.69, 9.17) is 0 Å². The SMILES string of the molecule is CCNC(=NCc1ccc(O)cc1)NC(C)c1ccc(C)c(F)c1. The summed E-state index contributed by atoms with van der Waals surface area (Å²) in [4.78, 5) is 4.54. The molecule has 0 aliphatic rings. The highest BCUT2D eigenvalue weighted by Gasteiger charge is 2.09. The quantitative estimate of drug-likeness (QED) is 0.580. The monoisotopic (exact) mass is 329 g/mol. The van der Waals surface area contributed by atoms with Gasteiger partial charge in [0.2, 0.25) is 0 Å². The molecule has 5 heteroatoms. The number of halogens is 1. The fourth-order valence-electron chi connectivity index (χ4n) is 2.26. The Bertz CT molecular complexity index is 698. The van der Waals surface area contributed by atoms with Crippen LogP contribution in [0.3, 0.4) is 0 Å². The normalized spacial score (nSPS) is 12.8. The summed E-state index contributed by atoms with van der Waals surface area (Å²) in [6.07, 6.45) is 0. The van der Waals surface area contributed by atoms with Crippen molar-refractivity contribution in [2.24, 2.45) is 4.99 Å². The lowest BCUT2D eigenvalue weighted by Crippen LogP contribution is -2.38.